The summed E-state index contributed by atoms with van der Waals surface area (Å²) in [7, 11) is 1.31. The molecular formula is C20H22N2O5. The fraction of sp³-hybridized carbons (Fsp3) is 0.300. The zero-order valence-corrected chi connectivity index (χ0v) is 15.5. The van der Waals surface area contributed by atoms with E-state index in [2.05, 4.69) is 0 Å². The number of nitro benzene ring substituents is 1. The van der Waals surface area contributed by atoms with Gasteiger partial charge < -0.3 is 9.64 Å². The number of rotatable bonds is 7. The SMILES string of the molecule is COC(=O)C(C)CN(Cc1ccc(C)cc1)C(=O)c1ccc([N+](=O)[O-])cc1. The molecule has 0 aliphatic carbocycles. The molecule has 7 heteroatoms. The summed E-state index contributed by atoms with van der Waals surface area (Å²) >= 11 is 0. The zero-order valence-electron chi connectivity index (χ0n) is 15.5. The van der Waals surface area contributed by atoms with Crippen LogP contribution in [0.25, 0.3) is 0 Å². The maximum Gasteiger partial charge on any atom is 0.310 e. The second-order valence-electron chi connectivity index (χ2n) is 6.40. The first-order valence-electron chi connectivity index (χ1n) is 8.49. The van der Waals surface area contributed by atoms with Gasteiger partial charge in [0.05, 0.1) is 18.0 Å². The number of non-ortho nitro benzene ring substituents is 1. The van der Waals surface area contributed by atoms with Gasteiger partial charge in [-0.15, -0.1) is 0 Å². The summed E-state index contributed by atoms with van der Waals surface area (Å²) in [4.78, 5) is 36.6. The summed E-state index contributed by atoms with van der Waals surface area (Å²) < 4.78 is 4.75. The highest BCUT2D eigenvalue weighted by atomic mass is 16.6. The molecule has 1 amide bonds. The Morgan fingerprint density at radius 1 is 1.11 bits per heavy atom. The Hall–Kier alpha value is -3.22. The molecule has 2 rings (SSSR count). The van der Waals surface area contributed by atoms with E-state index < -0.39 is 16.8 Å². The van der Waals surface area contributed by atoms with Gasteiger partial charge in [-0.3, -0.25) is 19.7 Å². The fourth-order valence-corrected chi connectivity index (χ4v) is 2.65. The van der Waals surface area contributed by atoms with E-state index in [1.807, 2.05) is 31.2 Å². The third-order valence-electron chi connectivity index (χ3n) is 4.20. The summed E-state index contributed by atoms with van der Waals surface area (Å²) in [6.07, 6.45) is 0. The molecule has 27 heavy (non-hydrogen) atoms. The molecule has 0 saturated carbocycles. The number of ether oxygens (including phenoxy) is 1. The van der Waals surface area contributed by atoms with Crippen molar-refractivity contribution in [1.29, 1.82) is 0 Å². The van der Waals surface area contributed by atoms with Gasteiger partial charge in [0.25, 0.3) is 11.6 Å². The number of benzene rings is 2. The van der Waals surface area contributed by atoms with Crippen molar-refractivity contribution in [2.75, 3.05) is 13.7 Å². The van der Waals surface area contributed by atoms with Crippen molar-refractivity contribution in [3.63, 3.8) is 0 Å². The molecule has 0 aliphatic heterocycles. The van der Waals surface area contributed by atoms with Crippen LogP contribution in [0.4, 0.5) is 5.69 Å². The molecule has 0 saturated heterocycles. The number of carbonyl (C=O) groups is 2. The number of methoxy groups -OCH3 is 1. The second kappa shape index (κ2) is 8.93. The van der Waals surface area contributed by atoms with Crippen LogP contribution in [0.1, 0.15) is 28.4 Å². The molecule has 0 bridgehead atoms. The summed E-state index contributed by atoms with van der Waals surface area (Å²) in [5.41, 5.74) is 2.27. The van der Waals surface area contributed by atoms with Crippen molar-refractivity contribution < 1.29 is 19.2 Å². The minimum Gasteiger partial charge on any atom is -0.469 e. The number of aryl methyl sites for hydroxylation is 1. The average molecular weight is 370 g/mol. The predicted octanol–water partition coefficient (Wildman–Crippen LogP) is 3.35. The molecule has 2 aromatic carbocycles. The largest absolute Gasteiger partial charge is 0.469 e. The van der Waals surface area contributed by atoms with Crippen molar-refractivity contribution in [3.8, 4) is 0 Å². The van der Waals surface area contributed by atoms with E-state index in [1.165, 1.54) is 31.4 Å². The molecule has 0 N–H and O–H groups in total. The van der Waals surface area contributed by atoms with E-state index in [0.717, 1.165) is 11.1 Å². The molecule has 142 valence electrons. The normalized spacial score (nSPS) is 11.5. The van der Waals surface area contributed by atoms with Crippen LogP contribution in [-0.4, -0.2) is 35.4 Å². The molecule has 7 nitrogen and oxygen atoms in total. The van der Waals surface area contributed by atoms with Crippen LogP contribution in [0.3, 0.4) is 0 Å². The van der Waals surface area contributed by atoms with E-state index in [1.54, 1.807) is 11.8 Å². The number of nitrogens with zero attached hydrogens (tertiary/aromatic N) is 2. The van der Waals surface area contributed by atoms with Crippen LogP contribution in [0, 0.1) is 23.0 Å². The van der Waals surface area contributed by atoms with Gasteiger partial charge in [-0.1, -0.05) is 36.8 Å². The van der Waals surface area contributed by atoms with Crippen molar-refractivity contribution in [3.05, 3.63) is 75.3 Å². The highest BCUT2D eigenvalue weighted by Gasteiger charge is 2.23. The van der Waals surface area contributed by atoms with Gasteiger partial charge >= 0.3 is 5.97 Å². The standard InChI is InChI=1S/C20H22N2O5/c1-14-4-6-16(7-5-14)13-21(12-15(2)20(24)27-3)19(23)17-8-10-18(11-9-17)22(25)26/h4-11,15H,12-13H2,1-3H3. The molecule has 0 spiro atoms. The number of amides is 1. The second-order valence-corrected chi connectivity index (χ2v) is 6.40. The highest BCUT2D eigenvalue weighted by Crippen LogP contribution is 2.17. The van der Waals surface area contributed by atoms with E-state index in [0.29, 0.717) is 12.1 Å². The zero-order chi connectivity index (χ0) is 20.0. The van der Waals surface area contributed by atoms with E-state index in [9.17, 15) is 19.7 Å². The van der Waals surface area contributed by atoms with Gasteiger partial charge in [0.2, 0.25) is 0 Å². The Morgan fingerprint density at radius 3 is 2.22 bits per heavy atom. The van der Waals surface area contributed by atoms with Gasteiger partial charge in [0.15, 0.2) is 0 Å². The van der Waals surface area contributed by atoms with Gasteiger partial charge in [0.1, 0.15) is 0 Å². The van der Waals surface area contributed by atoms with Crippen LogP contribution < -0.4 is 0 Å². The monoisotopic (exact) mass is 370 g/mol. The Morgan fingerprint density at radius 2 is 1.70 bits per heavy atom. The van der Waals surface area contributed by atoms with Crippen LogP contribution in [-0.2, 0) is 16.1 Å². The van der Waals surface area contributed by atoms with E-state index in [-0.39, 0.29) is 18.1 Å². The Bertz CT molecular complexity index is 815. The number of hydrogen-bond donors (Lipinski definition) is 0. The van der Waals surface area contributed by atoms with Gasteiger partial charge in [-0.2, -0.15) is 0 Å². The Labute approximate surface area is 157 Å². The molecule has 0 aromatic heterocycles. The summed E-state index contributed by atoms with van der Waals surface area (Å²) in [5, 5.41) is 10.8. The molecule has 1 unspecified atom stereocenters. The molecule has 0 fully saturated rings. The van der Waals surface area contributed by atoms with Crippen LogP contribution in [0.2, 0.25) is 0 Å². The Kier molecular flexibility index (Phi) is 6.65. The third kappa shape index (κ3) is 5.37. The Balaban J connectivity index is 2.26. The topological polar surface area (TPSA) is 89.8 Å². The van der Waals surface area contributed by atoms with E-state index >= 15 is 0 Å². The number of nitro groups is 1. The van der Waals surface area contributed by atoms with Crippen LogP contribution >= 0.6 is 0 Å². The van der Waals surface area contributed by atoms with Crippen molar-refractivity contribution in [1.82, 2.24) is 4.90 Å². The maximum atomic E-state index is 12.9. The minimum atomic E-state index is -0.516. The van der Waals surface area contributed by atoms with Gasteiger partial charge in [-0.25, -0.2) is 0 Å². The first kappa shape index (κ1) is 20.1. The van der Waals surface area contributed by atoms with Crippen LogP contribution in [0.5, 0.6) is 0 Å². The third-order valence-corrected chi connectivity index (χ3v) is 4.20. The van der Waals surface area contributed by atoms with Crippen molar-refractivity contribution >= 4 is 17.6 Å². The minimum absolute atomic E-state index is 0.0837. The number of carbonyl (C=O) groups excluding carboxylic acids is 2. The van der Waals surface area contributed by atoms with Gasteiger partial charge in [-0.05, 0) is 24.6 Å². The fourth-order valence-electron chi connectivity index (χ4n) is 2.65. The molecule has 1 atom stereocenters. The molecular weight excluding hydrogens is 348 g/mol. The van der Waals surface area contributed by atoms with Crippen molar-refractivity contribution in [2.24, 2.45) is 5.92 Å². The molecule has 0 heterocycles. The summed E-state index contributed by atoms with van der Waals surface area (Å²) in [6.45, 7) is 4.16. The van der Waals surface area contributed by atoms with Crippen molar-refractivity contribution in [2.45, 2.75) is 20.4 Å². The lowest BCUT2D eigenvalue weighted by Gasteiger charge is -2.25. The molecule has 0 radical (unpaired) electrons. The van der Waals surface area contributed by atoms with Crippen LogP contribution in [0.15, 0.2) is 48.5 Å². The quantitative estimate of drug-likeness (QED) is 0.423. The first-order valence-corrected chi connectivity index (χ1v) is 8.49. The van der Waals surface area contributed by atoms with Gasteiger partial charge in [0, 0.05) is 30.8 Å². The lowest BCUT2D eigenvalue weighted by Crippen LogP contribution is -2.36. The smallest absolute Gasteiger partial charge is 0.310 e. The maximum absolute atomic E-state index is 12.9. The molecule has 0 aliphatic rings. The first-order chi connectivity index (χ1) is 12.8. The summed E-state index contributed by atoms with van der Waals surface area (Å²) in [5.74, 6) is -1.20. The average Bonchev–Trinajstić information content (AvgIpc) is 2.67. The lowest BCUT2D eigenvalue weighted by molar-refractivity contribution is -0.384. The number of esters is 1. The molecule has 2 aromatic rings. The lowest BCUT2D eigenvalue weighted by atomic mass is 10.1. The summed E-state index contributed by atoms with van der Waals surface area (Å²) in [6, 6.07) is 13.2. The van der Waals surface area contributed by atoms with E-state index in [4.69, 9.17) is 4.74 Å². The predicted molar refractivity (Wildman–Crippen MR) is 100 cm³/mol. The number of hydrogen-bond acceptors (Lipinski definition) is 5. The highest BCUT2D eigenvalue weighted by molar-refractivity contribution is 5.94.